The summed E-state index contributed by atoms with van der Waals surface area (Å²) in [5, 5.41) is 0. The number of thiol groups is 1. The molecule has 0 aliphatic carbocycles. The Morgan fingerprint density at radius 3 is 3.10 bits per heavy atom. The second-order valence-electron chi connectivity index (χ2n) is 2.97. The Kier molecular flexibility index (Phi) is 1.39. The second kappa shape index (κ2) is 2.14. The molecule has 54 valence electrons. The van der Waals surface area contributed by atoms with Crippen LogP contribution in [-0.4, -0.2) is 24.0 Å². The molecule has 2 rings (SSSR count). The Hall–Kier alpha value is -0.210. The first-order valence-corrected chi connectivity index (χ1v) is 4.02. The average Bonchev–Trinajstić information content (AvgIpc) is 2.20. The average molecular weight is 153 g/mol. The first-order chi connectivity index (χ1) is 4.77. The van der Waals surface area contributed by atoms with Gasteiger partial charge >= 0.3 is 0 Å². The molecule has 0 saturated carbocycles. The summed E-state index contributed by atoms with van der Waals surface area (Å²) in [6.07, 6.45) is 7.81. The van der Waals surface area contributed by atoms with E-state index < -0.39 is 0 Å². The monoisotopic (exact) mass is 153 g/mol. The van der Waals surface area contributed by atoms with Gasteiger partial charge in [-0.1, -0.05) is 18.2 Å². The molecule has 0 fully saturated rings. The summed E-state index contributed by atoms with van der Waals surface area (Å²) in [6.45, 7) is 0. The van der Waals surface area contributed by atoms with Crippen LogP contribution < -0.4 is 0 Å². The van der Waals surface area contributed by atoms with Gasteiger partial charge in [-0.05, 0) is 18.4 Å². The van der Waals surface area contributed by atoms with Gasteiger partial charge in [0.05, 0.1) is 0 Å². The van der Waals surface area contributed by atoms with Crippen molar-refractivity contribution in [3.63, 3.8) is 0 Å². The summed E-state index contributed by atoms with van der Waals surface area (Å²) in [5.41, 5.74) is 0. The number of hydrogen-bond acceptors (Lipinski definition) is 2. The highest BCUT2D eigenvalue weighted by Crippen LogP contribution is 2.29. The van der Waals surface area contributed by atoms with E-state index in [2.05, 4.69) is 42.8 Å². The van der Waals surface area contributed by atoms with Crippen LogP contribution in [0.1, 0.15) is 6.42 Å². The van der Waals surface area contributed by atoms with Crippen molar-refractivity contribution >= 4 is 12.6 Å². The minimum atomic E-state index is 0.520. The Morgan fingerprint density at radius 1 is 1.60 bits per heavy atom. The van der Waals surface area contributed by atoms with Gasteiger partial charge in [-0.25, -0.2) is 0 Å². The van der Waals surface area contributed by atoms with E-state index in [9.17, 15) is 0 Å². The maximum atomic E-state index is 4.36. The van der Waals surface area contributed by atoms with E-state index in [-0.39, 0.29) is 0 Å². The third-order valence-corrected chi connectivity index (χ3v) is 2.64. The van der Waals surface area contributed by atoms with Gasteiger partial charge in [0.25, 0.3) is 0 Å². The van der Waals surface area contributed by atoms with Crippen molar-refractivity contribution < 1.29 is 0 Å². The number of likely N-dealkylation sites (N-methyl/N-ethyl adjacent to an activating group) is 1. The van der Waals surface area contributed by atoms with Crippen LogP contribution in [0.4, 0.5) is 0 Å². The van der Waals surface area contributed by atoms with Gasteiger partial charge in [-0.3, -0.25) is 4.90 Å². The lowest BCUT2D eigenvalue weighted by atomic mass is 10.1. The normalized spacial score (nSPS) is 38.4. The Bertz CT molecular complexity index is 207. The molecule has 10 heavy (non-hydrogen) atoms. The van der Waals surface area contributed by atoms with Crippen molar-refractivity contribution in [1.29, 1.82) is 0 Å². The zero-order chi connectivity index (χ0) is 7.14. The van der Waals surface area contributed by atoms with E-state index in [1.54, 1.807) is 0 Å². The molecule has 0 saturated heterocycles. The number of fused-ring (bicyclic) bond motifs is 2. The van der Waals surface area contributed by atoms with Crippen molar-refractivity contribution in [2.24, 2.45) is 0 Å². The van der Waals surface area contributed by atoms with Gasteiger partial charge in [0.1, 0.15) is 0 Å². The highest BCUT2D eigenvalue weighted by molar-refractivity contribution is 7.84. The Morgan fingerprint density at radius 2 is 2.40 bits per heavy atom. The van der Waals surface area contributed by atoms with Gasteiger partial charge in [0.2, 0.25) is 0 Å². The molecule has 2 heterocycles. The summed E-state index contributed by atoms with van der Waals surface area (Å²) >= 11 is 4.36. The first-order valence-electron chi connectivity index (χ1n) is 3.57. The van der Waals surface area contributed by atoms with E-state index in [4.69, 9.17) is 0 Å². The molecule has 2 aliphatic rings. The first kappa shape index (κ1) is 6.50. The van der Waals surface area contributed by atoms with Crippen LogP contribution >= 0.6 is 12.6 Å². The molecule has 0 aromatic rings. The largest absolute Gasteiger partial charge is 0.290 e. The molecule has 2 bridgehead atoms. The minimum absolute atomic E-state index is 0.520. The summed E-state index contributed by atoms with van der Waals surface area (Å²) in [7, 11) is 2.16. The fraction of sp³-hybridized carbons (Fsp3) is 0.500. The van der Waals surface area contributed by atoms with E-state index in [0.717, 1.165) is 6.42 Å². The van der Waals surface area contributed by atoms with Crippen LogP contribution in [0.15, 0.2) is 23.1 Å². The lowest BCUT2D eigenvalue weighted by Crippen LogP contribution is -2.35. The van der Waals surface area contributed by atoms with Gasteiger partial charge < -0.3 is 0 Å². The smallest absolute Gasteiger partial charge is 0.0475 e. The lowest BCUT2D eigenvalue weighted by molar-refractivity contribution is 0.278. The van der Waals surface area contributed by atoms with E-state index in [1.165, 1.54) is 4.91 Å². The summed E-state index contributed by atoms with van der Waals surface area (Å²) in [5.74, 6) is 0. The Labute approximate surface area is 66.8 Å². The van der Waals surface area contributed by atoms with E-state index in [0.29, 0.717) is 12.1 Å². The molecule has 0 aromatic carbocycles. The van der Waals surface area contributed by atoms with Gasteiger partial charge in [-0.15, -0.1) is 12.6 Å². The highest BCUT2D eigenvalue weighted by atomic mass is 32.1. The molecule has 2 unspecified atom stereocenters. The molecule has 2 atom stereocenters. The summed E-state index contributed by atoms with van der Waals surface area (Å²) < 4.78 is 0. The van der Waals surface area contributed by atoms with Gasteiger partial charge in [-0.2, -0.15) is 0 Å². The standard InChI is InChI=1S/C8H11NS/c1-9-6-2-3-7(9)5-8(10)4-6/h2-4,6-7,10H,5H2,1H3. The Balaban J connectivity index is 2.30. The minimum Gasteiger partial charge on any atom is -0.290 e. The molecular formula is C8H11NS. The van der Waals surface area contributed by atoms with Crippen LogP contribution in [0, 0.1) is 0 Å². The third kappa shape index (κ3) is 0.831. The van der Waals surface area contributed by atoms with Crippen molar-refractivity contribution in [3.8, 4) is 0 Å². The molecule has 1 nitrogen and oxygen atoms in total. The molecule has 0 spiro atoms. The molecule has 0 N–H and O–H groups in total. The van der Waals surface area contributed by atoms with Crippen LogP contribution in [0.5, 0.6) is 0 Å². The van der Waals surface area contributed by atoms with Crippen molar-refractivity contribution in [2.75, 3.05) is 7.05 Å². The van der Waals surface area contributed by atoms with E-state index >= 15 is 0 Å². The molecule has 2 aliphatic heterocycles. The molecular weight excluding hydrogens is 142 g/mol. The predicted octanol–water partition coefficient (Wildman–Crippen LogP) is 1.44. The van der Waals surface area contributed by atoms with Gasteiger partial charge in [0.15, 0.2) is 0 Å². The van der Waals surface area contributed by atoms with E-state index in [1.807, 2.05) is 0 Å². The summed E-state index contributed by atoms with van der Waals surface area (Å²) in [4.78, 5) is 3.60. The zero-order valence-electron chi connectivity index (χ0n) is 5.99. The maximum absolute atomic E-state index is 4.36. The van der Waals surface area contributed by atoms with Crippen LogP contribution in [0.3, 0.4) is 0 Å². The third-order valence-electron chi connectivity index (χ3n) is 2.31. The predicted molar refractivity (Wildman–Crippen MR) is 46.2 cm³/mol. The fourth-order valence-electron chi connectivity index (χ4n) is 1.60. The number of nitrogens with zero attached hydrogens (tertiary/aromatic N) is 1. The second-order valence-corrected chi connectivity index (χ2v) is 3.54. The van der Waals surface area contributed by atoms with Crippen LogP contribution in [0.25, 0.3) is 0 Å². The molecule has 2 heteroatoms. The van der Waals surface area contributed by atoms with Gasteiger partial charge in [0, 0.05) is 12.1 Å². The molecule has 0 aromatic heterocycles. The topological polar surface area (TPSA) is 3.24 Å². The molecule has 0 amide bonds. The number of hydrogen-bond donors (Lipinski definition) is 1. The number of rotatable bonds is 0. The van der Waals surface area contributed by atoms with Crippen LogP contribution in [0.2, 0.25) is 0 Å². The zero-order valence-corrected chi connectivity index (χ0v) is 6.88. The SMILES string of the molecule is CN1C2C=CC1CC(S)=C2. The van der Waals surface area contributed by atoms with Crippen LogP contribution in [-0.2, 0) is 0 Å². The maximum Gasteiger partial charge on any atom is 0.0475 e. The van der Waals surface area contributed by atoms with Crippen molar-refractivity contribution in [1.82, 2.24) is 4.90 Å². The van der Waals surface area contributed by atoms with Crippen molar-refractivity contribution in [3.05, 3.63) is 23.1 Å². The lowest BCUT2D eigenvalue weighted by Gasteiger charge is -2.28. The van der Waals surface area contributed by atoms with Crippen molar-refractivity contribution in [2.45, 2.75) is 18.5 Å². The summed E-state index contributed by atoms with van der Waals surface area (Å²) in [6, 6.07) is 1.13. The quantitative estimate of drug-likeness (QED) is 0.407. The highest BCUT2D eigenvalue weighted by Gasteiger charge is 2.27. The molecule has 0 radical (unpaired) electrons. The fourth-order valence-corrected chi connectivity index (χ4v) is 1.94.